The molecule has 0 spiro atoms. The zero-order valence-electron chi connectivity index (χ0n) is 11.3. The van der Waals surface area contributed by atoms with Crippen molar-refractivity contribution in [2.24, 2.45) is 0 Å². The molecule has 0 fully saturated rings. The van der Waals surface area contributed by atoms with E-state index in [9.17, 15) is 13.5 Å². The molecular formula is C14H17NO3S2. The van der Waals surface area contributed by atoms with Crippen LogP contribution in [-0.4, -0.2) is 30.9 Å². The first-order valence-electron chi connectivity index (χ1n) is 6.19. The van der Waals surface area contributed by atoms with Gasteiger partial charge in [-0.3, -0.25) is 0 Å². The van der Waals surface area contributed by atoms with Crippen molar-refractivity contribution < 1.29 is 13.5 Å². The lowest BCUT2D eigenvalue weighted by Gasteiger charge is -2.28. The Balaban J connectivity index is 2.23. The number of aliphatic hydroxyl groups is 1. The van der Waals surface area contributed by atoms with Gasteiger partial charge in [0.25, 0.3) is 10.0 Å². The molecule has 1 N–H and O–H groups in total. The van der Waals surface area contributed by atoms with Crippen LogP contribution < -0.4 is 0 Å². The van der Waals surface area contributed by atoms with Crippen LogP contribution in [0.4, 0.5) is 0 Å². The molecule has 2 rings (SSSR count). The minimum Gasteiger partial charge on any atom is -0.387 e. The molecule has 0 bridgehead atoms. The average molecular weight is 311 g/mol. The van der Waals surface area contributed by atoms with E-state index in [1.165, 1.54) is 22.7 Å². The summed E-state index contributed by atoms with van der Waals surface area (Å²) in [7, 11) is -2.06. The highest BCUT2D eigenvalue weighted by Crippen LogP contribution is 2.26. The summed E-state index contributed by atoms with van der Waals surface area (Å²) in [6.45, 7) is 1.70. The summed E-state index contributed by atoms with van der Waals surface area (Å²) in [5.41, 5.74) is 0.702. The number of nitrogens with zero attached hydrogens (tertiary/aromatic N) is 1. The third kappa shape index (κ3) is 2.93. The highest BCUT2D eigenvalue weighted by Gasteiger charge is 2.30. The molecule has 108 valence electrons. The Morgan fingerprint density at radius 1 is 1.15 bits per heavy atom. The molecule has 0 amide bonds. The number of likely N-dealkylation sites (N-methyl/N-ethyl adjacent to an activating group) is 1. The Labute approximate surface area is 123 Å². The molecular weight excluding hydrogens is 294 g/mol. The Morgan fingerprint density at radius 2 is 1.80 bits per heavy atom. The summed E-state index contributed by atoms with van der Waals surface area (Å²) < 4.78 is 26.3. The molecule has 0 unspecified atom stereocenters. The maximum absolute atomic E-state index is 12.4. The van der Waals surface area contributed by atoms with Crippen molar-refractivity contribution in [1.29, 1.82) is 0 Å². The minimum absolute atomic E-state index is 0.284. The number of sulfonamides is 1. The summed E-state index contributed by atoms with van der Waals surface area (Å²) in [4.78, 5) is 0. The van der Waals surface area contributed by atoms with Gasteiger partial charge in [-0.15, -0.1) is 11.3 Å². The summed E-state index contributed by atoms with van der Waals surface area (Å²) in [6, 6.07) is 11.8. The molecule has 1 aromatic heterocycles. The number of aliphatic hydroxyl groups excluding tert-OH is 1. The SMILES string of the molecule is C[C@H]([C@@H](O)c1ccccc1)N(C)S(=O)(=O)c1cccs1. The maximum Gasteiger partial charge on any atom is 0.252 e. The first-order chi connectivity index (χ1) is 9.44. The quantitative estimate of drug-likeness (QED) is 0.923. The van der Waals surface area contributed by atoms with E-state index in [2.05, 4.69) is 0 Å². The van der Waals surface area contributed by atoms with Gasteiger partial charge >= 0.3 is 0 Å². The topological polar surface area (TPSA) is 57.6 Å². The van der Waals surface area contributed by atoms with Gasteiger partial charge in [-0.05, 0) is 23.9 Å². The van der Waals surface area contributed by atoms with Crippen LogP contribution in [0.15, 0.2) is 52.1 Å². The van der Waals surface area contributed by atoms with Crippen molar-refractivity contribution in [1.82, 2.24) is 4.31 Å². The van der Waals surface area contributed by atoms with Gasteiger partial charge in [0.15, 0.2) is 0 Å². The fraction of sp³-hybridized carbons (Fsp3) is 0.286. The van der Waals surface area contributed by atoms with Crippen LogP contribution in [0.2, 0.25) is 0 Å². The maximum atomic E-state index is 12.4. The van der Waals surface area contributed by atoms with Crippen LogP contribution >= 0.6 is 11.3 Å². The lowest BCUT2D eigenvalue weighted by Crippen LogP contribution is -2.38. The van der Waals surface area contributed by atoms with E-state index in [0.717, 1.165) is 0 Å². The molecule has 0 aliphatic rings. The summed E-state index contributed by atoms with van der Waals surface area (Å²) >= 11 is 1.17. The van der Waals surface area contributed by atoms with Crippen LogP contribution in [-0.2, 0) is 10.0 Å². The Bertz CT molecular complexity index is 638. The van der Waals surface area contributed by atoms with Gasteiger partial charge in [-0.1, -0.05) is 36.4 Å². The second kappa shape index (κ2) is 6.05. The summed E-state index contributed by atoms with van der Waals surface area (Å²) in [5, 5.41) is 12.0. The molecule has 0 aliphatic heterocycles. The lowest BCUT2D eigenvalue weighted by molar-refractivity contribution is 0.108. The molecule has 0 saturated carbocycles. The Hall–Kier alpha value is -1.21. The smallest absolute Gasteiger partial charge is 0.252 e. The van der Waals surface area contributed by atoms with Gasteiger partial charge in [0.05, 0.1) is 12.1 Å². The average Bonchev–Trinajstić information content (AvgIpc) is 3.00. The van der Waals surface area contributed by atoms with E-state index in [-0.39, 0.29) is 4.21 Å². The second-order valence-corrected chi connectivity index (χ2v) is 7.72. The van der Waals surface area contributed by atoms with Crippen LogP contribution in [0.25, 0.3) is 0 Å². The monoisotopic (exact) mass is 311 g/mol. The van der Waals surface area contributed by atoms with Gasteiger partial charge < -0.3 is 5.11 Å². The number of hydrogen-bond donors (Lipinski definition) is 1. The highest BCUT2D eigenvalue weighted by atomic mass is 32.2. The molecule has 0 radical (unpaired) electrons. The van der Waals surface area contributed by atoms with Crippen molar-refractivity contribution in [2.75, 3.05) is 7.05 Å². The number of benzene rings is 1. The van der Waals surface area contributed by atoms with Crippen molar-refractivity contribution in [3.05, 3.63) is 53.4 Å². The van der Waals surface area contributed by atoms with E-state index in [1.54, 1.807) is 36.6 Å². The third-order valence-electron chi connectivity index (χ3n) is 3.30. The fourth-order valence-electron chi connectivity index (χ4n) is 1.90. The van der Waals surface area contributed by atoms with E-state index < -0.39 is 22.2 Å². The third-order valence-corrected chi connectivity index (χ3v) is 6.62. The lowest BCUT2D eigenvalue weighted by atomic mass is 10.0. The summed E-state index contributed by atoms with van der Waals surface area (Å²) in [6.07, 6.45) is -0.865. The van der Waals surface area contributed by atoms with Gasteiger partial charge in [0.2, 0.25) is 0 Å². The summed E-state index contributed by atoms with van der Waals surface area (Å²) in [5.74, 6) is 0. The second-order valence-electron chi connectivity index (χ2n) is 4.55. The van der Waals surface area contributed by atoms with Crippen LogP contribution in [0.3, 0.4) is 0 Å². The Morgan fingerprint density at radius 3 is 2.35 bits per heavy atom. The van der Waals surface area contributed by atoms with E-state index in [1.807, 2.05) is 18.2 Å². The zero-order valence-corrected chi connectivity index (χ0v) is 12.9. The zero-order chi connectivity index (χ0) is 14.8. The molecule has 1 heterocycles. The predicted octanol–water partition coefficient (Wildman–Crippen LogP) is 2.49. The van der Waals surface area contributed by atoms with Crippen molar-refractivity contribution in [2.45, 2.75) is 23.3 Å². The highest BCUT2D eigenvalue weighted by molar-refractivity contribution is 7.91. The van der Waals surface area contributed by atoms with Crippen LogP contribution in [0.5, 0.6) is 0 Å². The fourth-order valence-corrected chi connectivity index (χ4v) is 4.44. The largest absolute Gasteiger partial charge is 0.387 e. The molecule has 6 heteroatoms. The van der Waals surface area contributed by atoms with E-state index in [0.29, 0.717) is 5.56 Å². The first-order valence-corrected chi connectivity index (χ1v) is 8.51. The first kappa shape index (κ1) is 15.2. The van der Waals surface area contributed by atoms with Gasteiger partial charge in [-0.2, -0.15) is 4.31 Å². The predicted molar refractivity (Wildman–Crippen MR) is 80.1 cm³/mol. The molecule has 2 atom stereocenters. The van der Waals surface area contributed by atoms with Crippen LogP contribution in [0.1, 0.15) is 18.6 Å². The molecule has 0 aliphatic carbocycles. The van der Waals surface area contributed by atoms with Crippen molar-refractivity contribution in [3.8, 4) is 0 Å². The number of hydrogen-bond acceptors (Lipinski definition) is 4. The van der Waals surface area contributed by atoms with Crippen LogP contribution in [0, 0.1) is 0 Å². The minimum atomic E-state index is -3.56. The van der Waals surface area contributed by atoms with Crippen molar-refractivity contribution in [3.63, 3.8) is 0 Å². The normalized spacial score (nSPS) is 15.2. The molecule has 0 saturated heterocycles. The van der Waals surface area contributed by atoms with E-state index >= 15 is 0 Å². The van der Waals surface area contributed by atoms with Gasteiger partial charge in [0, 0.05) is 7.05 Å². The van der Waals surface area contributed by atoms with Gasteiger partial charge in [0.1, 0.15) is 4.21 Å². The molecule has 1 aromatic carbocycles. The number of thiophene rings is 1. The van der Waals surface area contributed by atoms with Crippen molar-refractivity contribution >= 4 is 21.4 Å². The molecule has 4 nitrogen and oxygen atoms in total. The number of rotatable bonds is 5. The van der Waals surface area contributed by atoms with Gasteiger partial charge in [-0.25, -0.2) is 8.42 Å². The standard InChI is InChI=1S/C14H17NO3S2/c1-11(14(16)12-7-4-3-5-8-12)15(2)20(17,18)13-9-6-10-19-13/h3-11,14,16H,1-2H3/t11-,14-/m1/s1. The molecule has 20 heavy (non-hydrogen) atoms. The van der Waals surface area contributed by atoms with E-state index in [4.69, 9.17) is 0 Å². The Kier molecular flexibility index (Phi) is 4.59. The molecule has 2 aromatic rings.